The zero-order valence-electron chi connectivity index (χ0n) is 26.1. The molecule has 2 N–H and O–H groups in total. The normalized spacial score (nSPS) is 21.0. The molecule has 2 heterocycles. The van der Waals surface area contributed by atoms with Gasteiger partial charge in [0.2, 0.25) is 10.0 Å². The third-order valence-electron chi connectivity index (χ3n) is 9.10. The lowest BCUT2D eigenvalue weighted by Gasteiger charge is -2.35. The number of hydrogen-bond acceptors (Lipinski definition) is 9. The van der Waals surface area contributed by atoms with Crippen molar-refractivity contribution in [3.63, 3.8) is 0 Å². The molecule has 44 heavy (non-hydrogen) atoms. The molecular weight excluding hydrogens is 582 g/mol. The fourth-order valence-corrected chi connectivity index (χ4v) is 7.42. The molecule has 2 saturated carbocycles. The van der Waals surface area contributed by atoms with E-state index in [0.29, 0.717) is 17.5 Å². The Hall–Kier alpha value is -3.35. The van der Waals surface area contributed by atoms with E-state index >= 15 is 0 Å². The van der Waals surface area contributed by atoms with Crippen LogP contribution in [0, 0.1) is 11.8 Å². The zero-order valence-corrected chi connectivity index (χ0v) is 26.9. The van der Waals surface area contributed by atoms with E-state index in [1.165, 1.54) is 26.0 Å². The molecule has 2 aliphatic rings. The number of ketones is 1. The van der Waals surface area contributed by atoms with Crippen LogP contribution in [0.2, 0.25) is 0 Å². The number of fused-ring (bicyclic) bond motifs is 1. The standard InChI is InChI=1S/C16H25N5O3S.C16H20O3/c1-17-25(23,24)9-12-3-5-13(6-4-12)20(2)15-14-7-8-21(11-22)16(14)19-10-18-15;1-11(16(18)19-2)13-8-6-12(7-9-13)10-14-4-3-5-15(14)17/h7-8,10,12-13,17,22H,3-6,9,11H2,1-2H3;6-9,11,14H,3-5,10H2,1-2H3. The number of benzene rings is 1. The Kier molecular flexibility index (Phi) is 11.5. The molecule has 12 heteroatoms. The number of nitrogens with one attached hydrogen (secondary N) is 1. The first-order chi connectivity index (χ1) is 21.1. The molecule has 2 atom stereocenters. The number of carbonyl (C=O) groups excluding carboxylic acids is 2. The molecule has 5 rings (SSSR count). The van der Waals surface area contributed by atoms with E-state index in [1.54, 1.807) is 10.8 Å². The summed E-state index contributed by atoms with van der Waals surface area (Å²) in [6, 6.07) is 10.2. The van der Waals surface area contributed by atoms with Gasteiger partial charge in [0.25, 0.3) is 0 Å². The molecule has 0 saturated heterocycles. The number of aromatic nitrogens is 3. The highest BCUT2D eigenvalue weighted by molar-refractivity contribution is 7.89. The molecule has 0 bridgehead atoms. The van der Waals surface area contributed by atoms with Gasteiger partial charge in [-0.15, -0.1) is 0 Å². The quantitative estimate of drug-likeness (QED) is 0.321. The van der Waals surface area contributed by atoms with Gasteiger partial charge in [-0.05, 0) is 82.0 Å². The third-order valence-corrected chi connectivity index (χ3v) is 10.6. The lowest BCUT2D eigenvalue weighted by Crippen LogP contribution is -2.37. The summed E-state index contributed by atoms with van der Waals surface area (Å²) in [5, 5.41) is 10.3. The van der Waals surface area contributed by atoms with Crippen molar-refractivity contribution in [3.8, 4) is 0 Å². The molecule has 0 aliphatic heterocycles. The third kappa shape index (κ3) is 8.22. The van der Waals surface area contributed by atoms with Crippen molar-refractivity contribution in [1.82, 2.24) is 19.3 Å². The summed E-state index contributed by atoms with van der Waals surface area (Å²) in [5.74, 6) is 1.39. The van der Waals surface area contributed by atoms with Crippen molar-refractivity contribution in [3.05, 3.63) is 54.0 Å². The van der Waals surface area contributed by atoms with Crippen LogP contribution in [0.4, 0.5) is 5.82 Å². The average Bonchev–Trinajstić information content (AvgIpc) is 3.66. The molecule has 0 radical (unpaired) electrons. The number of aliphatic hydroxyl groups excluding tert-OH is 1. The maximum absolute atomic E-state index is 11.7. The van der Waals surface area contributed by atoms with Gasteiger partial charge in [0.05, 0.1) is 24.2 Å². The van der Waals surface area contributed by atoms with E-state index in [9.17, 15) is 23.1 Å². The number of ether oxygens (including phenoxy) is 1. The first-order valence-corrected chi connectivity index (χ1v) is 17.0. The Morgan fingerprint density at radius 2 is 1.84 bits per heavy atom. The number of hydrogen-bond donors (Lipinski definition) is 2. The second-order valence-electron chi connectivity index (χ2n) is 11.9. The smallest absolute Gasteiger partial charge is 0.312 e. The van der Waals surface area contributed by atoms with Crippen LogP contribution >= 0.6 is 0 Å². The molecule has 0 amide bonds. The minimum atomic E-state index is -3.15. The SMILES string of the molecule is CNS(=O)(=O)CC1CCC(N(C)c2ncnc3c2ccn3CO)CC1.COC(=O)C(C)c1ccc(CC2CCCC2=O)cc1. The van der Waals surface area contributed by atoms with Crippen molar-refractivity contribution in [2.24, 2.45) is 11.8 Å². The maximum atomic E-state index is 11.7. The van der Waals surface area contributed by atoms with Crippen molar-refractivity contribution in [2.75, 3.05) is 31.9 Å². The number of rotatable bonds is 10. The van der Waals surface area contributed by atoms with Gasteiger partial charge >= 0.3 is 5.97 Å². The summed E-state index contributed by atoms with van der Waals surface area (Å²) in [7, 11) is 1.74. The summed E-state index contributed by atoms with van der Waals surface area (Å²) >= 11 is 0. The fourth-order valence-electron chi connectivity index (χ4n) is 6.29. The second-order valence-corrected chi connectivity index (χ2v) is 13.8. The fraction of sp³-hybridized carbons (Fsp3) is 0.562. The van der Waals surface area contributed by atoms with E-state index < -0.39 is 10.0 Å². The van der Waals surface area contributed by atoms with Gasteiger partial charge in [-0.1, -0.05) is 24.3 Å². The highest BCUT2D eigenvalue weighted by Gasteiger charge is 2.28. The van der Waals surface area contributed by atoms with Crippen LogP contribution in [0.1, 0.15) is 68.9 Å². The van der Waals surface area contributed by atoms with Crippen molar-refractivity contribution in [1.29, 1.82) is 0 Å². The van der Waals surface area contributed by atoms with Crippen molar-refractivity contribution < 1.29 is 27.9 Å². The number of aliphatic hydroxyl groups is 1. The molecule has 2 aromatic heterocycles. The highest BCUT2D eigenvalue weighted by Crippen LogP contribution is 2.32. The van der Waals surface area contributed by atoms with Crippen LogP contribution in [-0.4, -0.2) is 72.8 Å². The number of anilines is 1. The first kappa shape index (κ1) is 33.5. The van der Waals surface area contributed by atoms with E-state index in [0.717, 1.165) is 68.1 Å². The van der Waals surface area contributed by atoms with Crippen LogP contribution in [0.15, 0.2) is 42.9 Å². The number of nitrogens with zero attached hydrogens (tertiary/aromatic N) is 4. The van der Waals surface area contributed by atoms with Gasteiger partial charge in [-0.2, -0.15) is 0 Å². The van der Waals surface area contributed by atoms with Gasteiger partial charge in [0.1, 0.15) is 30.3 Å². The Labute approximate surface area is 260 Å². The summed E-state index contributed by atoms with van der Waals surface area (Å²) in [4.78, 5) is 33.9. The number of Topliss-reactive ketones (excluding diaryl/α,β-unsaturated/α-hetero) is 1. The largest absolute Gasteiger partial charge is 0.469 e. The molecule has 2 unspecified atom stereocenters. The summed E-state index contributed by atoms with van der Waals surface area (Å²) in [6.45, 7) is 1.72. The molecule has 2 fully saturated rings. The van der Waals surface area contributed by atoms with Crippen LogP contribution in [0.25, 0.3) is 11.0 Å². The predicted octanol–water partition coefficient (Wildman–Crippen LogP) is 3.80. The summed E-state index contributed by atoms with van der Waals surface area (Å²) < 4.78 is 32.2. The molecule has 1 aromatic carbocycles. The Bertz CT molecular complexity index is 1520. The summed E-state index contributed by atoms with van der Waals surface area (Å²) in [6.07, 6.45) is 10.6. The van der Waals surface area contributed by atoms with E-state index in [4.69, 9.17) is 4.74 Å². The Balaban J connectivity index is 0.000000209. The molecular formula is C32H45N5O6S. The van der Waals surface area contributed by atoms with Gasteiger partial charge < -0.3 is 19.3 Å². The Morgan fingerprint density at radius 3 is 2.43 bits per heavy atom. The van der Waals surface area contributed by atoms with Crippen LogP contribution in [0.5, 0.6) is 0 Å². The lowest BCUT2D eigenvalue weighted by molar-refractivity contribution is -0.142. The van der Waals surface area contributed by atoms with Crippen molar-refractivity contribution >= 4 is 38.6 Å². The minimum Gasteiger partial charge on any atom is -0.469 e. The maximum Gasteiger partial charge on any atom is 0.312 e. The van der Waals surface area contributed by atoms with E-state index in [2.05, 4.69) is 19.6 Å². The number of esters is 1. The zero-order chi connectivity index (χ0) is 31.9. The Morgan fingerprint density at radius 1 is 1.14 bits per heavy atom. The monoisotopic (exact) mass is 627 g/mol. The second kappa shape index (κ2) is 15.1. The van der Waals surface area contributed by atoms with Crippen LogP contribution in [0.3, 0.4) is 0 Å². The van der Waals surface area contributed by atoms with Gasteiger partial charge in [0.15, 0.2) is 0 Å². The molecule has 240 valence electrons. The van der Waals surface area contributed by atoms with Gasteiger partial charge in [-0.3, -0.25) is 9.59 Å². The van der Waals surface area contributed by atoms with Gasteiger partial charge in [-0.25, -0.2) is 23.1 Å². The molecule has 2 aliphatic carbocycles. The first-order valence-electron chi connectivity index (χ1n) is 15.3. The van der Waals surface area contributed by atoms with E-state index in [-0.39, 0.29) is 36.2 Å². The highest BCUT2D eigenvalue weighted by atomic mass is 32.2. The summed E-state index contributed by atoms with van der Waals surface area (Å²) in [5.41, 5.74) is 2.84. The van der Waals surface area contributed by atoms with Crippen LogP contribution < -0.4 is 9.62 Å². The lowest BCUT2D eigenvalue weighted by atomic mass is 9.86. The predicted molar refractivity (Wildman–Crippen MR) is 170 cm³/mol. The average molecular weight is 628 g/mol. The van der Waals surface area contributed by atoms with Crippen molar-refractivity contribution in [2.45, 2.75) is 77.0 Å². The topological polar surface area (TPSA) is 144 Å². The number of methoxy groups -OCH3 is 1. The number of carbonyl (C=O) groups is 2. The van der Waals surface area contributed by atoms with Crippen LogP contribution in [-0.2, 0) is 37.5 Å². The minimum absolute atomic E-state index is 0.116. The van der Waals surface area contributed by atoms with Gasteiger partial charge in [0, 0.05) is 31.6 Å². The molecule has 0 spiro atoms. The molecule has 11 nitrogen and oxygen atoms in total. The van der Waals surface area contributed by atoms with E-state index in [1.807, 2.05) is 44.3 Å². The number of sulfonamides is 1. The molecule has 3 aromatic rings.